The smallest absolute Gasteiger partial charge is 0.243 e. The second-order valence-electron chi connectivity index (χ2n) is 6.55. The zero-order valence-electron chi connectivity index (χ0n) is 15.8. The zero-order chi connectivity index (χ0) is 20.3. The molecule has 2 heterocycles. The van der Waals surface area contributed by atoms with Gasteiger partial charge in [0.25, 0.3) is 0 Å². The van der Waals surface area contributed by atoms with Crippen molar-refractivity contribution < 1.29 is 9.59 Å². The molecule has 0 saturated heterocycles. The standard InChI is InChI=1S/C20H20BrN3O2S2/c1-11-4-12(2)19(13(3)5-11)24-18(26)8-22-17(25)7-15-10-28-20(23-15)16-6-14(21)9-27-16/h4-6,9-10H,7-8H2,1-3H3,(H,22,25)(H,24,26). The van der Waals surface area contributed by atoms with Crippen LogP contribution in [-0.2, 0) is 16.0 Å². The Balaban J connectivity index is 1.52. The van der Waals surface area contributed by atoms with Crippen LogP contribution in [-0.4, -0.2) is 23.3 Å². The predicted octanol–water partition coefficient (Wildman–Crippen LogP) is 4.86. The number of halogens is 1. The highest BCUT2D eigenvalue weighted by Gasteiger charge is 2.13. The van der Waals surface area contributed by atoms with Gasteiger partial charge in [0.1, 0.15) is 5.01 Å². The largest absolute Gasteiger partial charge is 0.347 e. The number of thiophene rings is 1. The number of aromatic nitrogens is 1. The maximum absolute atomic E-state index is 12.2. The van der Waals surface area contributed by atoms with Crippen molar-refractivity contribution in [3.05, 3.63) is 55.8 Å². The molecule has 8 heteroatoms. The molecule has 3 rings (SSSR count). The molecule has 0 spiro atoms. The van der Waals surface area contributed by atoms with E-state index in [9.17, 15) is 9.59 Å². The summed E-state index contributed by atoms with van der Waals surface area (Å²) in [5.41, 5.74) is 4.67. The van der Waals surface area contributed by atoms with Gasteiger partial charge in [0.05, 0.1) is 23.5 Å². The Kier molecular flexibility index (Phi) is 6.64. The second kappa shape index (κ2) is 8.98. The van der Waals surface area contributed by atoms with Gasteiger partial charge >= 0.3 is 0 Å². The molecule has 28 heavy (non-hydrogen) atoms. The van der Waals surface area contributed by atoms with Crippen molar-refractivity contribution in [1.82, 2.24) is 10.3 Å². The number of hydrogen-bond donors (Lipinski definition) is 2. The Morgan fingerprint density at radius 1 is 1.04 bits per heavy atom. The molecular formula is C20H20BrN3O2S2. The summed E-state index contributed by atoms with van der Waals surface area (Å²) >= 11 is 6.54. The summed E-state index contributed by atoms with van der Waals surface area (Å²) in [6.45, 7) is 5.87. The molecule has 0 saturated carbocycles. The molecule has 2 aromatic heterocycles. The highest BCUT2D eigenvalue weighted by molar-refractivity contribution is 9.10. The van der Waals surface area contributed by atoms with Crippen LogP contribution in [0.3, 0.4) is 0 Å². The van der Waals surface area contributed by atoms with Gasteiger partial charge in [0.15, 0.2) is 0 Å². The third kappa shape index (κ3) is 5.27. The van der Waals surface area contributed by atoms with E-state index < -0.39 is 0 Å². The van der Waals surface area contributed by atoms with Gasteiger partial charge < -0.3 is 10.6 Å². The van der Waals surface area contributed by atoms with E-state index in [0.717, 1.165) is 36.7 Å². The van der Waals surface area contributed by atoms with Crippen LogP contribution in [0.4, 0.5) is 5.69 Å². The normalized spacial score (nSPS) is 10.7. The molecule has 0 unspecified atom stereocenters. The first kappa shape index (κ1) is 20.7. The molecule has 0 bridgehead atoms. The van der Waals surface area contributed by atoms with E-state index >= 15 is 0 Å². The molecule has 2 amide bonds. The summed E-state index contributed by atoms with van der Waals surface area (Å²) in [5, 5.41) is 10.3. The van der Waals surface area contributed by atoms with E-state index in [0.29, 0.717) is 5.69 Å². The number of rotatable bonds is 6. The highest BCUT2D eigenvalue weighted by atomic mass is 79.9. The van der Waals surface area contributed by atoms with Crippen LogP contribution in [0.25, 0.3) is 9.88 Å². The number of nitrogens with one attached hydrogen (secondary N) is 2. The van der Waals surface area contributed by atoms with E-state index in [1.807, 2.05) is 49.7 Å². The molecule has 0 aliphatic carbocycles. The van der Waals surface area contributed by atoms with E-state index in [1.165, 1.54) is 11.3 Å². The van der Waals surface area contributed by atoms with Crippen LogP contribution < -0.4 is 10.6 Å². The third-order valence-corrected chi connectivity index (χ3v) is 6.81. The molecule has 2 N–H and O–H groups in total. The fraction of sp³-hybridized carbons (Fsp3) is 0.250. The van der Waals surface area contributed by atoms with Gasteiger partial charge in [0, 0.05) is 20.9 Å². The van der Waals surface area contributed by atoms with Gasteiger partial charge in [0.2, 0.25) is 11.8 Å². The maximum atomic E-state index is 12.2. The first-order valence-electron chi connectivity index (χ1n) is 8.65. The molecule has 0 aliphatic heterocycles. The number of aryl methyl sites for hydroxylation is 3. The molecule has 0 atom stereocenters. The van der Waals surface area contributed by atoms with E-state index in [1.54, 1.807) is 11.3 Å². The molecule has 1 aromatic carbocycles. The molecule has 0 aliphatic rings. The van der Waals surface area contributed by atoms with Crippen molar-refractivity contribution in [2.45, 2.75) is 27.2 Å². The summed E-state index contributed by atoms with van der Waals surface area (Å²) in [6.07, 6.45) is 0.152. The summed E-state index contributed by atoms with van der Waals surface area (Å²) in [6, 6.07) is 6.05. The highest BCUT2D eigenvalue weighted by Crippen LogP contribution is 2.32. The number of benzene rings is 1. The number of nitrogens with zero attached hydrogens (tertiary/aromatic N) is 1. The van der Waals surface area contributed by atoms with Gasteiger partial charge in [-0.05, 0) is 53.9 Å². The number of carbonyl (C=O) groups is 2. The minimum Gasteiger partial charge on any atom is -0.347 e. The van der Waals surface area contributed by atoms with Crippen molar-refractivity contribution in [2.75, 3.05) is 11.9 Å². The minimum atomic E-state index is -0.245. The number of anilines is 1. The Morgan fingerprint density at radius 3 is 2.39 bits per heavy atom. The van der Waals surface area contributed by atoms with Gasteiger partial charge in [-0.2, -0.15) is 0 Å². The minimum absolute atomic E-state index is 0.0690. The zero-order valence-corrected chi connectivity index (χ0v) is 19.0. The van der Waals surface area contributed by atoms with Gasteiger partial charge in [-0.25, -0.2) is 4.98 Å². The van der Waals surface area contributed by atoms with Crippen molar-refractivity contribution in [3.8, 4) is 9.88 Å². The maximum Gasteiger partial charge on any atom is 0.243 e. The lowest BCUT2D eigenvalue weighted by atomic mass is 10.1. The Hall–Kier alpha value is -2.03. The summed E-state index contributed by atoms with van der Waals surface area (Å²) < 4.78 is 1.02. The van der Waals surface area contributed by atoms with Gasteiger partial charge in [-0.1, -0.05) is 17.7 Å². The number of carbonyl (C=O) groups excluding carboxylic acids is 2. The Morgan fingerprint density at radius 2 is 1.75 bits per heavy atom. The van der Waals surface area contributed by atoms with E-state index in [2.05, 4.69) is 31.5 Å². The monoisotopic (exact) mass is 477 g/mol. The van der Waals surface area contributed by atoms with Crippen molar-refractivity contribution in [3.63, 3.8) is 0 Å². The molecule has 5 nitrogen and oxygen atoms in total. The van der Waals surface area contributed by atoms with Gasteiger partial charge in [-0.3, -0.25) is 9.59 Å². The fourth-order valence-electron chi connectivity index (χ4n) is 2.89. The lowest BCUT2D eigenvalue weighted by Gasteiger charge is -2.13. The van der Waals surface area contributed by atoms with Crippen LogP contribution in [0.1, 0.15) is 22.4 Å². The van der Waals surface area contributed by atoms with Crippen molar-refractivity contribution in [1.29, 1.82) is 0 Å². The van der Waals surface area contributed by atoms with Crippen LogP contribution in [0.5, 0.6) is 0 Å². The van der Waals surface area contributed by atoms with Crippen LogP contribution in [0, 0.1) is 20.8 Å². The topological polar surface area (TPSA) is 71.1 Å². The lowest BCUT2D eigenvalue weighted by molar-refractivity contribution is -0.123. The number of hydrogen-bond acceptors (Lipinski definition) is 5. The summed E-state index contributed by atoms with van der Waals surface area (Å²) in [7, 11) is 0. The molecule has 146 valence electrons. The fourth-order valence-corrected chi connectivity index (χ4v) is 5.22. The number of amides is 2. The van der Waals surface area contributed by atoms with Gasteiger partial charge in [-0.15, -0.1) is 22.7 Å². The lowest BCUT2D eigenvalue weighted by Crippen LogP contribution is -2.34. The second-order valence-corrected chi connectivity index (χ2v) is 9.23. The average Bonchev–Trinajstić information content (AvgIpc) is 3.25. The average molecular weight is 478 g/mol. The Labute approximate surface area is 180 Å². The molecule has 0 fully saturated rings. The summed E-state index contributed by atoms with van der Waals surface area (Å²) in [5.74, 6) is -0.470. The van der Waals surface area contributed by atoms with Crippen LogP contribution >= 0.6 is 38.6 Å². The molecule has 3 aromatic rings. The van der Waals surface area contributed by atoms with E-state index in [-0.39, 0.29) is 24.8 Å². The first-order chi connectivity index (χ1) is 13.3. The number of thiazole rings is 1. The van der Waals surface area contributed by atoms with Crippen molar-refractivity contribution in [2.24, 2.45) is 0 Å². The van der Waals surface area contributed by atoms with Crippen LogP contribution in [0.15, 0.2) is 33.4 Å². The SMILES string of the molecule is Cc1cc(C)c(NC(=O)CNC(=O)Cc2csc(-c3cc(Br)cs3)n2)c(C)c1. The Bertz CT molecular complexity index is 1000. The van der Waals surface area contributed by atoms with Crippen molar-refractivity contribution >= 4 is 56.1 Å². The first-order valence-corrected chi connectivity index (χ1v) is 11.2. The molecular weight excluding hydrogens is 458 g/mol. The quantitative estimate of drug-likeness (QED) is 0.532. The predicted molar refractivity (Wildman–Crippen MR) is 119 cm³/mol. The third-order valence-electron chi connectivity index (χ3n) is 4.06. The van der Waals surface area contributed by atoms with E-state index in [4.69, 9.17) is 0 Å². The summed E-state index contributed by atoms with van der Waals surface area (Å²) in [4.78, 5) is 29.9. The molecule has 0 radical (unpaired) electrons. The van der Waals surface area contributed by atoms with Crippen LogP contribution in [0.2, 0.25) is 0 Å².